The molecule has 0 amide bonds. The molecule has 4 aromatic rings. The van der Waals surface area contributed by atoms with Crippen LogP contribution in [0.4, 0.5) is 0 Å². The maximum Gasteiger partial charge on any atom is 0.0728 e. The predicted molar refractivity (Wildman–Crippen MR) is 138 cm³/mol. The number of hydrogen-bond donors (Lipinski definition) is 0. The summed E-state index contributed by atoms with van der Waals surface area (Å²) < 4.78 is 0. The number of nitrogens with zero attached hydrogens (tertiary/aromatic N) is 1. The van der Waals surface area contributed by atoms with Crippen LogP contribution >= 0.6 is 0 Å². The average molecular weight is 416 g/mol. The highest BCUT2D eigenvalue weighted by Crippen LogP contribution is 2.27. The first kappa shape index (κ1) is 21.5. The average Bonchev–Trinajstić information content (AvgIpc) is 2.84. The van der Waals surface area contributed by atoms with Crippen LogP contribution in [-0.4, -0.2) is 5.71 Å². The summed E-state index contributed by atoms with van der Waals surface area (Å²) in [5.74, 6) is 0. The molecular formula is C31H29N. The lowest BCUT2D eigenvalue weighted by molar-refractivity contribution is 0.820. The molecule has 0 aliphatic rings. The standard InChI is InChI=1S/C31H29N/c1-23-19-29(22-30(20-23)27-15-9-5-10-16-27)25(3)32-31(28-17-11-6-12-18-28)21-24(2)26-13-7-4-8-14-26/h4-22,25H,1-3H3/b24-21+,32-31?. The van der Waals surface area contributed by atoms with Crippen molar-refractivity contribution in [2.75, 3.05) is 0 Å². The second-order valence-electron chi connectivity index (χ2n) is 8.25. The lowest BCUT2D eigenvalue weighted by Gasteiger charge is -2.14. The van der Waals surface area contributed by atoms with Gasteiger partial charge in [0.1, 0.15) is 0 Å². The van der Waals surface area contributed by atoms with Crippen LogP contribution in [0.2, 0.25) is 0 Å². The molecule has 0 radical (unpaired) electrons. The SMILES string of the molecule is C/C(=C\C(=NC(C)c1cc(C)cc(-c2ccccc2)c1)c1ccccc1)c1ccccc1. The van der Waals surface area contributed by atoms with Gasteiger partial charge in [0, 0.05) is 0 Å². The molecule has 0 aliphatic carbocycles. The molecule has 0 N–H and O–H groups in total. The molecular weight excluding hydrogens is 386 g/mol. The zero-order chi connectivity index (χ0) is 22.3. The normalized spacial score (nSPS) is 13.1. The Bertz CT molecular complexity index is 1220. The maximum atomic E-state index is 5.20. The lowest BCUT2D eigenvalue weighted by atomic mass is 9.97. The van der Waals surface area contributed by atoms with Crippen molar-refractivity contribution < 1.29 is 0 Å². The fraction of sp³-hybridized carbons (Fsp3) is 0.129. The second kappa shape index (κ2) is 10.1. The van der Waals surface area contributed by atoms with Crippen molar-refractivity contribution in [3.8, 4) is 11.1 Å². The van der Waals surface area contributed by atoms with E-state index in [0.29, 0.717) is 0 Å². The highest BCUT2D eigenvalue weighted by Gasteiger charge is 2.10. The predicted octanol–water partition coefficient (Wildman–Crippen LogP) is 8.32. The van der Waals surface area contributed by atoms with E-state index in [1.54, 1.807) is 0 Å². The highest BCUT2D eigenvalue weighted by atomic mass is 14.8. The van der Waals surface area contributed by atoms with E-state index >= 15 is 0 Å². The fourth-order valence-corrected chi connectivity index (χ4v) is 3.93. The van der Waals surface area contributed by atoms with Crippen molar-refractivity contribution in [1.82, 2.24) is 0 Å². The van der Waals surface area contributed by atoms with Crippen molar-refractivity contribution in [2.24, 2.45) is 4.99 Å². The largest absolute Gasteiger partial charge is 0.277 e. The Hall–Kier alpha value is -3.71. The van der Waals surface area contributed by atoms with Crippen LogP contribution in [0.3, 0.4) is 0 Å². The van der Waals surface area contributed by atoms with Gasteiger partial charge in [-0.1, -0.05) is 109 Å². The number of aryl methyl sites for hydroxylation is 1. The third kappa shape index (κ3) is 5.31. The summed E-state index contributed by atoms with van der Waals surface area (Å²) in [5, 5.41) is 0. The van der Waals surface area contributed by atoms with Gasteiger partial charge in [-0.3, -0.25) is 4.99 Å². The van der Waals surface area contributed by atoms with E-state index in [4.69, 9.17) is 4.99 Å². The van der Waals surface area contributed by atoms with E-state index in [9.17, 15) is 0 Å². The quantitative estimate of drug-likeness (QED) is 0.281. The smallest absolute Gasteiger partial charge is 0.0728 e. The molecule has 1 unspecified atom stereocenters. The summed E-state index contributed by atoms with van der Waals surface area (Å²) in [6.45, 7) is 6.49. The van der Waals surface area contributed by atoms with Gasteiger partial charge in [-0.05, 0) is 66.3 Å². The van der Waals surface area contributed by atoms with Crippen LogP contribution in [0.15, 0.2) is 120 Å². The Morgan fingerprint density at radius 2 is 1.25 bits per heavy atom. The van der Waals surface area contributed by atoms with Crippen LogP contribution in [-0.2, 0) is 0 Å². The zero-order valence-corrected chi connectivity index (χ0v) is 19.0. The minimum absolute atomic E-state index is 0.0346. The third-order valence-corrected chi connectivity index (χ3v) is 5.67. The topological polar surface area (TPSA) is 12.4 Å². The van der Waals surface area contributed by atoms with Gasteiger partial charge in [-0.25, -0.2) is 0 Å². The molecule has 0 saturated carbocycles. The van der Waals surface area contributed by atoms with Gasteiger partial charge in [-0.15, -0.1) is 0 Å². The van der Waals surface area contributed by atoms with Crippen LogP contribution in [0.25, 0.3) is 16.7 Å². The molecule has 4 aromatic carbocycles. The summed E-state index contributed by atoms with van der Waals surface area (Å²) >= 11 is 0. The molecule has 0 spiro atoms. The van der Waals surface area contributed by atoms with Crippen molar-refractivity contribution in [3.05, 3.63) is 138 Å². The Morgan fingerprint density at radius 1 is 0.688 bits per heavy atom. The fourth-order valence-electron chi connectivity index (χ4n) is 3.93. The number of allylic oxidation sites excluding steroid dienone is 2. The van der Waals surface area contributed by atoms with Crippen LogP contribution in [0.5, 0.6) is 0 Å². The van der Waals surface area contributed by atoms with Gasteiger partial charge >= 0.3 is 0 Å². The van der Waals surface area contributed by atoms with E-state index in [1.807, 2.05) is 12.1 Å². The van der Waals surface area contributed by atoms with Crippen molar-refractivity contribution in [3.63, 3.8) is 0 Å². The van der Waals surface area contributed by atoms with Gasteiger partial charge in [0.15, 0.2) is 0 Å². The first-order chi connectivity index (χ1) is 15.6. The number of aliphatic imine (C=N–C) groups is 1. The van der Waals surface area contributed by atoms with Gasteiger partial charge in [0.2, 0.25) is 0 Å². The summed E-state index contributed by atoms with van der Waals surface area (Å²) in [5.41, 5.74) is 9.49. The summed E-state index contributed by atoms with van der Waals surface area (Å²) in [4.78, 5) is 5.20. The number of benzene rings is 4. The Balaban J connectivity index is 1.74. The second-order valence-corrected chi connectivity index (χ2v) is 8.25. The molecule has 0 saturated heterocycles. The molecule has 1 heteroatoms. The van der Waals surface area contributed by atoms with E-state index in [0.717, 1.165) is 11.3 Å². The van der Waals surface area contributed by atoms with E-state index in [1.165, 1.54) is 33.4 Å². The molecule has 0 fully saturated rings. The van der Waals surface area contributed by atoms with E-state index in [2.05, 4.69) is 124 Å². The summed E-state index contributed by atoms with van der Waals surface area (Å²) in [6, 6.07) is 38.3. The monoisotopic (exact) mass is 415 g/mol. The van der Waals surface area contributed by atoms with E-state index < -0.39 is 0 Å². The first-order valence-electron chi connectivity index (χ1n) is 11.1. The molecule has 4 rings (SSSR count). The minimum Gasteiger partial charge on any atom is -0.277 e. The van der Waals surface area contributed by atoms with Crippen molar-refractivity contribution >= 4 is 11.3 Å². The van der Waals surface area contributed by atoms with Gasteiger partial charge < -0.3 is 0 Å². The van der Waals surface area contributed by atoms with Gasteiger partial charge in [0.25, 0.3) is 0 Å². The third-order valence-electron chi connectivity index (χ3n) is 5.67. The zero-order valence-electron chi connectivity index (χ0n) is 19.0. The van der Waals surface area contributed by atoms with Crippen LogP contribution < -0.4 is 0 Å². The Labute approximate surface area is 191 Å². The van der Waals surface area contributed by atoms with Gasteiger partial charge in [-0.2, -0.15) is 0 Å². The molecule has 0 aliphatic heterocycles. The number of hydrogen-bond acceptors (Lipinski definition) is 1. The molecule has 0 aromatic heterocycles. The number of rotatable bonds is 6. The minimum atomic E-state index is 0.0346. The molecule has 1 nitrogen and oxygen atoms in total. The van der Waals surface area contributed by atoms with E-state index in [-0.39, 0.29) is 6.04 Å². The molecule has 0 heterocycles. The van der Waals surface area contributed by atoms with Crippen LogP contribution in [0, 0.1) is 6.92 Å². The molecule has 0 bridgehead atoms. The maximum absolute atomic E-state index is 5.20. The van der Waals surface area contributed by atoms with Crippen LogP contribution in [0.1, 0.15) is 42.1 Å². The highest BCUT2D eigenvalue weighted by molar-refractivity contribution is 6.12. The Kier molecular flexibility index (Phi) is 6.77. The lowest BCUT2D eigenvalue weighted by Crippen LogP contribution is -2.02. The Morgan fingerprint density at radius 3 is 1.88 bits per heavy atom. The molecule has 158 valence electrons. The summed E-state index contributed by atoms with van der Waals surface area (Å²) in [6.07, 6.45) is 2.20. The molecule has 32 heavy (non-hydrogen) atoms. The van der Waals surface area contributed by atoms with Gasteiger partial charge in [0.05, 0.1) is 11.8 Å². The van der Waals surface area contributed by atoms with Crippen molar-refractivity contribution in [2.45, 2.75) is 26.8 Å². The van der Waals surface area contributed by atoms with Crippen molar-refractivity contribution in [1.29, 1.82) is 0 Å². The molecule has 1 atom stereocenters. The first-order valence-corrected chi connectivity index (χ1v) is 11.1. The summed E-state index contributed by atoms with van der Waals surface area (Å²) in [7, 11) is 0.